The Hall–Kier alpha value is -3.22. The lowest BCUT2D eigenvalue weighted by Crippen LogP contribution is -2.13. The number of benzene rings is 2. The Labute approximate surface area is 124 Å². The van der Waals surface area contributed by atoms with Gasteiger partial charge in [-0.05, 0) is 24.3 Å². The SMILES string of the molecule is O=[N+]([O-])c1ccc(-c2nnc3n2-c2ccccc2OC3)cc1. The Morgan fingerprint density at radius 2 is 1.86 bits per heavy atom. The number of nitro groups is 1. The third-order valence-corrected chi connectivity index (χ3v) is 3.53. The molecule has 0 saturated heterocycles. The highest BCUT2D eigenvalue weighted by Crippen LogP contribution is 2.33. The van der Waals surface area contributed by atoms with Gasteiger partial charge in [0.25, 0.3) is 5.69 Å². The van der Waals surface area contributed by atoms with E-state index in [2.05, 4.69) is 10.2 Å². The molecule has 108 valence electrons. The van der Waals surface area contributed by atoms with Crippen LogP contribution in [0.25, 0.3) is 17.1 Å². The van der Waals surface area contributed by atoms with Crippen LogP contribution in [0.15, 0.2) is 48.5 Å². The van der Waals surface area contributed by atoms with Crippen LogP contribution in [-0.4, -0.2) is 19.7 Å². The molecule has 4 rings (SSSR count). The van der Waals surface area contributed by atoms with Gasteiger partial charge in [-0.2, -0.15) is 0 Å². The molecular weight excluding hydrogens is 284 g/mol. The molecule has 0 atom stereocenters. The highest BCUT2D eigenvalue weighted by atomic mass is 16.6. The first kappa shape index (κ1) is 12.5. The van der Waals surface area contributed by atoms with Crippen molar-refractivity contribution in [3.8, 4) is 22.8 Å². The highest BCUT2D eigenvalue weighted by molar-refractivity contribution is 5.63. The first-order valence-corrected chi connectivity index (χ1v) is 6.65. The average Bonchev–Trinajstić information content (AvgIpc) is 2.99. The topological polar surface area (TPSA) is 83.1 Å². The molecule has 0 N–H and O–H groups in total. The molecule has 7 nitrogen and oxygen atoms in total. The van der Waals surface area contributed by atoms with Crippen LogP contribution in [0.4, 0.5) is 5.69 Å². The third-order valence-electron chi connectivity index (χ3n) is 3.53. The van der Waals surface area contributed by atoms with Gasteiger partial charge in [-0.25, -0.2) is 0 Å². The molecule has 0 saturated carbocycles. The van der Waals surface area contributed by atoms with Gasteiger partial charge in [-0.3, -0.25) is 14.7 Å². The molecular formula is C15H10N4O3. The Morgan fingerprint density at radius 1 is 1.09 bits per heavy atom. The summed E-state index contributed by atoms with van der Waals surface area (Å²) in [6.45, 7) is 0.344. The van der Waals surface area contributed by atoms with E-state index in [9.17, 15) is 10.1 Å². The monoisotopic (exact) mass is 294 g/mol. The molecule has 0 amide bonds. The Morgan fingerprint density at radius 3 is 2.64 bits per heavy atom. The molecule has 2 heterocycles. The summed E-state index contributed by atoms with van der Waals surface area (Å²) in [4.78, 5) is 10.3. The molecule has 0 bridgehead atoms. The fourth-order valence-corrected chi connectivity index (χ4v) is 2.49. The summed E-state index contributed by atoms with van der Waals surface area (Å²) in [6.07, 6.45) is 0. The summed E-state index contributed by atoms with van der Waals surface area (Å²) in [5.41, 5.74) is 1.68. The van der Waals surface area contributed by atoms with Crippen molar-refractivity contribution in [2.45, 2.75) is 6.61 Å². The fourth-order valence-electron chi connectivity index (χ4n) is 2.49. The molecule has 7 heteroatoms. The molecule has 1 aromatic heterocycles. The van der Waals surface area contributed by atoms with E-state index in [4.69, 9.17) is 4.74 Å². The molecule has 1 aliphatic rings. The number of hydrogen-bond donors (Lipinski definition) is 0. The predicted octanol–water partition coefficient (Wildman–Crippen LogP) is 2.73. The minimum Gasteiger partial charge on any atom is -0.483 e. The van der Waals surface area contributed by atoms with E-state index in [0.717, 1.165) is 17.0 Å². The second-order valence-corrected chi connectivity index (χ2v) is 4.84. The standard InChI is InChI=1S/C15H10N4O3/c20-19(21)11-7-5-10(6-8-11)15-17-16-14-9-22-13-4-2-1-3-12(13)18(14)15/h1-8H,9H2. The number of nitrogens with zero attached hydrogens (tertiary/aromatic N) is 4. The van der Waals surface area contributed by atoms with Crippen molar-refractivity contribution >= 4 is 5.69 Å². The normalized spacial score (nSPS) is 12.2. The number of non-ortho nitro benzene ring substituents is 1. The second-order valence-electron chi connectivity index (χ2n) is 4.84. The van der Waals surface area contributed by atoms with Crippen LogP contribution < -0.4 is 4.74 Å². The van der Waals surface area contributed by atoms with Crippen molar-refractivity contribution in [1.29, 1.82) is 0 Å². The lowest BCUT2D eigenvalue weighted by molar-refractivity contribution is -0.384. The molecule has 0 radical (unpaired) electrons. The van der Waals surface area contributed by atoms with Gasteiger partial charge in [0.05, 0.1) is 10.6 Å². The number of nitro benzene ring substituents is 1. The second kappa shape index (κ2) is 4.66. The molecule has 2 aromatic carbocycles. The van der Waals surface area contributed by atoms with E-state index < -0.39 is 4.92 Å². The molecule has 0 spiro atoms. The number of para-hydroxylation sites is 2. The van der Waals surface area contributed by atoms with Crippen LogP contribution in [-0.2, 0) is 6.61 Å². The molecule has 1 aliphatic heterocycles. The summed E-state index contributed by atoms with van der Waals surface area (Å²) < 4.78 is 7.55. The van der Waals surface area contributed by atoms with Gasteiger partial charge in [0.1, 0.15) is 12.4 Å². The van der Waals surface area contributed by atoms with E-state index >= 15 is 0 Å². The number of aromatic nitrogens is 3. The van der Waals surface area contributed by atoms with Gasteiger partial charge in [-0.1, -0.05) is 12.1 Å². The summed E-state index contributed by atoms with van der Waals surface area (Å²) in [5, 5.41) is 19.1. The van der Waals surface area contributed by atoms with Gasteiger partial charge < -0.3 is 4.74 Å². The summed E-state index contributed by atoms with van der Waals surface area (Å²) in [6, 6.07) is 13.9. The molecule has 0 fully saturated rings. The van der Waals surface area contributed by atoms with Crippen molar-refractivity contribution in [1.82, 2.24) is 14.8 Å². The maximum Gasteiger partial charge on any atom is 0.269 e. The predicted molar refractivity (Wildman–Crippen MR) is 77.8 cm³/mol. The van der Waals surface area contributed by atoms with Crippen molar-refractivity contribution < 1.29 is 9.66 Å². The van der Waals surface area contributed by atoms with Gasteiger partial charge in [0.2, 0.25) is 0 Å². The van der Waals surface area contributed by atoms with Gasteiger partial charge in [0, 0.05) is 17.7 Å². The lowest BCUT2D eigenvalue weighted by atomic mass is 10.2. The Bertz CT molecular complexity index is 871. The number of fused-ring (bicyclic) bond motifs is 3. The van der Waals surface area contributed by atoms with E-state index in [-0.39, 0.29) is 5.69 Å². The maximum atomic E-state index is 10.8. The summed E-state index contributed by atoms with van der Waals surface area (Å²) in [7, 11) is 0. The van der Waals surface area contributed by atoms with Crippen molar-refractivity contribution in [3.05, 3.63) is 64.5 Å². The van der Waals surface area contributed by atoms with Crippen LogP contribution in [0, 0.1) is 10.1 Å². The third kappa shape index (κ3) is 1.83. The number of hydrogen-bond acceptors (Lipinski definition) is 5. The van der Waals surface area contributed by atoms with Crippen molar-refractivity contribution in [2.24, 2.45) is 0 Å². The molecule has 3 aromatic rings. The van der Waals surface area contributed by atoms with Gasteiger partial charge in [-0.15, -0.1) is 10.2 Å². The zero-order valence-electron chi connectivity index (χ0n) is 11.3. The number of rotatable bonds is 2. The Balaban J connectivity index is 1.86. The Kier molecular flexibility index (Phi) is 2.65. The van der Waals surface area contributed by atoms with E-state index in [1.807, 2.05) is 28.8 Å². The van der Waals surface area contributed by atoms with Crippen LogP contribution in [0.3, 0.4) is 0 Å². The smallest absolute Gasteiger partial charge is 0.269 e. The van der Waals surface area contributed by atoms with E-state index in [1.54, 1.807) is 12.1 Å². The molecule has 0 aliphatic carbocycles. The van der Waals surface area contributed by atoms with Crippen LogP contribution >= 0.6 is 0 Å². The first-order valence-electron chi connectivity index (χ1n) is 6.65. The minimum absolute atomic E-state index is 0.0471. The van der Waals surface area contributed by atoms with Crippen LogP contribution in [0.1, 0.15) is 5.82 Å². The first-order chi connectivity index (χ1) is 10.7. The van der Waals surface area contributed by atoms with Gasteiger partial charge in [0.15, 0.2) is 11.6 Å². The van der Waals surface area contributed by atoms with Crippen LogP contribution in [0.5, 0.6) is 5.75 Å². The molecule has 0 unspecified atom stereocenters. The minimum atomic E-state index is -0.424. The maximum absolute atomic E-state index is 10.8. The van der Waals surface area contributed by atoms with E-state index in [1.165, 1.54) is 12.1 Å². The zero-order chi connectivity index (χ0) is 15.1. The fraction of sp³-hybridized carbons (Fsp3) is 0.0667. The van der Waals surface area contributed by atoms with E-state index in [0.29, 0.717) is 18.3 Å². The lowest BCUT2D eigenvalue weighted by Gasteiger charge is -2.19. The quantitative estimate of drug-likeness (QED) is 0.536. The van der Waals surface area contributed by atoms with Crippen molar-refractivity contribution in [2.75, 3.05) is 0 Å². The summed E-state index contributed by atoms with van der Waals surface area (Å²) in [5.74, 6) is 2.10. The molecule has 22 heavy (non-hydrogen) atoms. The largest absolute Gasteiger partial charge is 0.483 e. The van der Waals surface area contributed by atoms with Crippen molar-refractivity contribution in [3.63, 3.8) is 0 Å². The zero-order valence-corrected chi connectivity index (χ0v) is 11.3. The highest BCUT2D eigenvalue weighted by Gasteiger charge is 2.23. The van der Waals surface area contributed by atoms with Gasteiger partial charge >= 0.3 is 0 Å². The number of ether oxygens (including phenoxy) is 1. The average molecular weight is 294 g/mol. The van der Waals surface area contributed by atoms with Crippen LogP contribution in [0.2, 0.25) is 0 Å². The summed E-state index contributed by atoms with van der Waals surface area (Å²) >= 11 is 0.